The molecule has 1 aromatic heterocycles. The second kappa shape index (κ2) is 5.68. The number of methoxy groups -OCH3 is 1. The molecule has 0 aliphatic carbocycles. The van der Waals surface area contributed by atoms with Crippen LogP contribution in [-0.2, 0) is 12.8 Å². The summed E-state index contributed by atoms with van der Waals surface area (Å²) in [6.45, 7) is 0. The van der Waals surface area contributed by atoms with E-state index in [9.17, 15) is 0 Å². The van der Waals surface area contributed by atoms with Gasteiger partial charge in [0.1, 0.15) is 5.75 Å². The average molecular weight is 253 g/mol. The lowest BCUT2D eigenvalue weighted by atomic mass is 10.1. The molecule has 17 heavy (non-hydrogen) atoms. The molecule has 90 valence electrons. The van der Waals surface area contributed by atoms with Crippen molar-refractivity contribution in [2.45, 2.75) is 12.8 Å². The maximum atomic E-state index is 5.60. The Kier molecular flexibility index (Phi) is 3.98. The lowest BCUT2D eigenvalue weighted by Crippen LogP contribution is -1.93. The standard InChI is InChI=1S/C12H13ClN2O2/c1-16-10-4-2-3-9(7-10)8-11-14-12(5-6-13)17-15-11/h2-4,7H,5-6,8H2,1H3. The predicted octanol–water partition coefficient (Wildman–Crippen LogP) is 2.45. The normalized spacial score (nSPS) is 10.5. The topological polar surface area (TPSA) is 48.2 Å². The smallest absolute Gasteiger partial charge is 0.227 e. The second-order valence-electron chi connectivity index (χ2n) is 3.57. The van der Waals surface area contributed by atoms with Gasteiger partial charge in [0.25, 0.3) is 0 Å². The van der Waals surface area contributed by atoms with Gasteiger partial charge in [0, 0.05) is 18.7 Å². The summed E-state index contributed by atoms with van der Waals surface area (Å²) in [4.78, 5) is 4.25. The van der Waals surface area contributed by atoms with E-state index in [1.165, 1.54) is 0 Å². The molecular formula is C12H13ClN2O2. The van der Waals surface area contributed by atoms with E-state index in [0.717, 1.165) is 11.3 Å². The van der Waals surface area contributed by atoms with Crippen molar-refractivity contribution < 1.29 is 9.26 Å². The minimum absolute atomic E-state index is 0.487. The zero-order valence-electron chi connectivity index (χ0n) is 9.52. The van der Waals surface area contributed by atoms with Crippen molar-refractivity contribution in [2.75, 3.05) is 13.0 Å². The molecular weight excluding hydrogens is 240 g/mol. The highest BCUT2D eigenvalue weighted by Gasteiger charge is 2.06. The van der Waals surface area contributed by atoms with Gasteiger partial charge in [-0.15, -0.1) is 11.6 Å². The van der Waals surface area contributed by atoms with E-state index in [-0.39, 0.29) is 0 Å². The molecule has 0 N–H and O–H groups in total. The molecule has 2 rings (SSSR count). The molecule has 0 unspecified atom stereocenters. The van der Waals surface area contributed by atoms with Crippen LogP contribution in [0.1, 0.15) is 17.3 Å². The van der Waals surface area contributed by atoms with Crippen molar-refractivity contribution in [3.05, 3.63) is 41.5 Å². The third-order valence-corrected chi connectivity index (χ3v) is 2.50. The number of nitrogens with zero attached hydrogens (tertiary/aromatic N) is 2. The van der Waals surface area contributed by atoms with E-state index in [1.54, 1.807) is 7.11 Å². The number of benzene rings is 1. The molecule has 0 bridgehead atoms. The van der Waals surface area contributed by atoms with Gasteiger partial charge in [-0.25, -0.2) is 0 Å². The molecule has 0 spiro atoms. The Morgan fingerprint density at radius 2 is 2.29 bits per heavy atom. The fourth-order valence-corrected chi connectivity index (χ4v) is 1.67. The molecule has 4 nitrogen and oxygen atoms in total. The van der Waals surface area contributed by atoms with Crippen LogP contribution in [0.4, 0.5) is 0 Å². The molecule has 5 heteroatoms. The fraction of sp³-hybridized carbons (Fsp3) is 0.333. The molecule has 2 aromatic rings. The van der Waals surface area contributed by atoms with Crippen molar-refractivity contribution in [1.82, 2.24) is 10.1 Å². The van der Waals surface area contributed by atoms with Gasteiger partial charge in [-0.05, 0) is 17.7 Å². The summed E-state index contributed by atoms with van der Waals surface area (Å²) in [6, 6.07) is 7.80. The van der Waals surface area contributed by atoms with Gasteiger partial charge in [0.05, 0.1) is 7.11 Å². The van der Waals surface area contributed by atoms with Crippen LogP contribution < -0.4 is 4.74 Å². The number of halogens is 1. The Balaban J connectivity index is 2.08. The van der Waals surface area contributed by atoms with Gasteiger partial charge in [0.15, 0.2) is 5.82 Å². The van der Waals surface area contributed by atoms with Crippen molar-refractivity contribution >= 4 is 11.6 Å². The van der Waals surface area contributed by atoms with Crippen LogP contribution in [-0.4, -0.2) is 23.1 Å². The molecule has 0 fully saturated rings. The Hall–Kier alpha value is -1.55. The second-order valence-corrected chi connectivity index (χ2v) is 3.95. The van der Waals surface area contributed by atoms with Gasteiger partial charge in [-0.2, -0.15) is 4.98 Å². The third-order valence-electron chi connectivity index (χ3n) is 2.31. The van der Waals surface area contributed by atoms with Gasteiger partial charge < -0.3 is 9.26 Å². The van der Waals surface area contributed by atoms with Gasteiger partial charge in [-0.3, -0.25) is 0 Å². The zero-order chi connectivity index (χ0) is 12.1. The lowest BCUT2D eigenvalue weighted by molar-refractivity contribution is 0.378. The summed E-state index contributed by atoms with van der Waals surface area (Å²) >= 11 is 5.60. The summed E-state index contributed by atoms with van der Waals surface area (Å²) in [5.41, 5.74) is 1.09. The SMILES string of the molecule is COc1cccc(Cc2noc(CCCl)n2)c1. The van der Waals surface area contributed by atoms with Crippen LogP contribution in [0.3, 0.4) is 0 Å². The van der Waals surface area contributed by atoms with Crippen LogP contribution >= 0.6 is 11.6 Å². The first-order valence-electron chi connectivity index (χ1n) is 5.32. The molecule has 0 amide bonds. The number of alkyl halides is 1. The van der Waals surface area contributed by atoms with Gasteiger partial charge >= 0.3 is 0 Å². The Bertz CT molecular complexity index is 485. The largest absolute Gasteiger partial charge is 0.497 e. The minimum Gasteiger partial charge on any atom is -0.497 e. The average Bonchev–Trinajstić information content (AvgIpc) is 2.77. The van der Waals surface area contributed by atoms with Crippen molar-refractivity contribution in [3.8, 4) is 5.75 Å². The summed E-state index contributed by atoms with van der Waals surface area (Å²) in [6.07, 6.45) is 1.23. The van der Waals surface area contributed by atoms with Gasteiger partial charge in [0.2, 0.25) is 5.89 Å². The van der Waals surface area contributed by atoms with Crippen molar-refractivity contribution in [3.63, 3.8) is 0 Å². The number of aryl methyl sites for hydroxylation is 1. The minimum atomic E-state index is 0.487. The number of rotatable bonds is 5. The number of ether oxygens (including phenoxy) is 1. The van der Waals surface area contributed by atoms with E-state index in [1.807, 2.05) is 24.3 Å². The lowest BCUT2D eigenvalue weighted by Gasteiger charge is -2.01. The molecule has 0 atom stereocenters. The number of aromatic nitrogens is 2. The molecule has 0 saturated carbocycles. The summed E-state index contributed by atoms with van der Waals surface area (Å²) in [5.74, 6) is 2.56. The fourth-order valence-electron chi connectivity index (χ4n) is 1.51. The monoisotopic (exact) mass is 252 g/mol. The highest BCUT2D eigenvalue weighted by atomic mass is 35.5. The zero-order valence-corrected chi connectivity index (χ0v) is 10.3. The molecule has 0 saturated heterocycles. The Labute approximate surface area is 105 Å². The summed E-state index contributed by atoms with van der Waals surface area (Å²) in [5, 5.41) is 3.90. The maximum absolute atomic E-state index is 5.60. The summed E-state index contributed by atoms with van der Waals surface area (Å²) < 4.78 is 10.2. The van der Waals surface area contributed by atoms with Crippen LogP contribution in [0, 0.1) is 0 Å². The quantitative estimate of drug-likeness (QED) is 0.767. The Morgan fingerprint density at radius 3 is 3.06 bits per heavy atom. The van der Waals surface area contributed by atoms with Crippen molar-refractivity contribution in [2.24, 2.45) is 0 Å². The predicted molar refractivity (Wildman–Crippen MR) is 64.5 cm³/mol. The molecule has 0 radical (unpaired) electrons. The van der Waals surface area contributed by atoms with Crippen molar-refractivity contribution in [1.29, 1.82) is 0 Å². The first-order chi connectivity index (χ1) is 8.31. The first kappa shape index (κ1) is 11.9. The van der Waals surface area contributed by atoms with E-state index < -0.39 is 0 Å². The Morgan fingerprint density at radius 1 is 1.41 bits per heavy atom. The van der Waals surface area contributed by atoms with Gasteiger partial charge in [-0.1, -0.05) is 17.3 Å². The summed E-state index contributed by atoms with van der Waals surface area (Å²) in [7, 11) is 1.64. The van der Waals surface area contributed by atoms with E-state index in [0.29, 0.717) is 30.4 Å². The molecule has 1 aromatic carbocycles. The third kappa shape index (κ3) is 3.20. The highest BCUT2D eigenvalue weighted by molar-refractivity contribution is 6.17. The van der Waals surface area contributed by atoms with Crippen LogP contribution in [0.15, 0.2) is 28.8 Å². The molecule has 1 heterocycles. The first-order valence-corrected chi connectivity index (χ1v) is 5.85. The van der Waals surface area contributed by atoms with Crippen LogP contribution in [0.5, 0.6) is 5.75 Å². The maximum Gasteiger partial charge on any atom is 0.227 e. The molecule has 0 aliphatic heterocycles. The number of hydrogen-bond donors (Lipinski definition) is 0. The number of hydrogen-bond acceptors (Lipinski definition) is 4. The van der Waals surface area contributed by atoms with E-state index in [4.69, 9.17) is 20.9 Å². The van der Waals surface area contributed by atoms with E-state index in [2.05, 4.69) is 10.1 Å². The van der Waals surface area contributed by atoms with Crippen LogP contribution in [0.2, 0.25) is 0 Å². The highest BCUT2D eigenvalue weighted by Crippen LogP contribution is 2.15. The van der Waals surface area contributed by atoms with E-state index >= 15 is 0 Å². The van der Waals surface area contributed by atoms with Crippen LogP contribution in [0.25, 0.3) is 0 Å². The molecule has 0 aliphatic rings.